The van der Waals surface area contributed by atoms with Crippen LogP contribution < -0.4 is 10.0 Å². The minimum Gasteiger partial charge on any atom is -0.464 e. The van der Waals surface area contributed by atoms with Gasteiger partial charge in [-0.2, -0.15) is 4.37 Å². The van der Waals surface area contributed by atoms with Crippen LogP contribution in [-0.2, 0) is 19.5 Å². The number of hydrogen-bond acceptors (Lipinski definition) is 8. The Bertz CT molecular complexity index is 638. The van der Waals surface area contributed by atoms with Crippen molar-refractivity contribution in [2.75, 3.05) is 40.5 Å². The quantitative estimate of drug-likeness (QED) is 0.648. The number of sulfonamides is 1. The van der Waals surface area contributed by atoms with Crippen molar-refractivity contribution in [3.63, 3.8) is 0 Å². The van der Waals surface area contributed by atoms with E-state index in [0.29, 0.717) is 6.61 Å². The molecule has 1 aromatic heterocycles. The molecule has 11 heteroatoms. The van der Waals surface area contributed by atoms with E-state index in [0.717, 1.165) is 37.5 Å². The zero-order valence-corrected chi connectivity index (χ0v) is 16.0. The number of hydrogen-bond donors (Lipinski definition) is 2. The van der Waals surface area contributed by atoms with Gasteiger partial charge in [0.15, 0.2) is 5.69 Å². The summed E-state index contributed by atoms with van der Waals surface area (Å²) in [5.41, 5.74) is -0.432. The van der Waals surface area contributed by atoms with Gasteiger partial charge in [0.25, 0.3) is 0 Å². The van der Waals surface area contributed by atoms with Gasteiger partial charge in [0, 0.05) is 24.4 Å². The summed E-state index contributed by atoms with van der Waals surface area (Å²) in [5, 5.41) is 4.59. The van der Waals surface area contributed by atoms with Crippen LogP contribution in [0.3, 0.4) is 0 Å². The van der Waals surface area contributed by atoms with Crippen LogP contribution in [0.25, 0.3) is 0 Å². The van der Waals surface area contributed by atoms with E-state index >= 15 is 0 Å². The molecule has 0 radical (unpaired) electrons. The Labute approximate surface area is 151 Å². The summed E-state index contributed by atoms with van der Waals surface area (Å²) in [6.45, 7) is 2.36. The first-order chi connectivity index (χ1) is 10.9. The van der Waals surface area contributed by atoms with Gasteiger partial charge in [-0.25, -0.2) is 17.9 Å². The van der Waals surface area contributed by atoms with Crippen molar-refractivity contribution >= 4 is 39.9 Å². The van der Waals surface area contributed by atoms with E-state index < -0.39 is 16.0 Å². The topological polar surface area (TPSA) is 107 Å². The summed E-state index contributed by atoms with van der Waals surface area (Å²) in [4.78, 5) is 11.5. The molecule has 0 saturated carbocycles. The fraction of sp³-hybridized carbons (Fsp3) is 0.692. The van der Waals surface area contributed by atoms with Crippen LogP contribution in [-0.4, -0.2) is 59.2 Å². The van der Waals surface area contributed by atoms with Crippen LogP contribution in [0.5, 0.6) is 0 Å². The van der Waals surface area contributed by atoms with Crippen molar-refractivity contribution in [3.8, 4) is 0 Å². The van der Waals surface area contributed by atoms with E-state index in [4.69, 9.17) is 4.74 Å². The number of nitrogens with zero attached hydrogens (tertiary/aromatic N) is 1. The highest BCUT2D eigenvalue weighted by Crippen LogP contribution is 2.29. The lowest BCUT2D eigenvalue weighted by Gasteiger charge is -2.37. The van der Waals surface area contributed by atoms with E-state index in [1.54, 1.807) is 7.11 Å². The lowest BCUT2D eigenvalue weighted by atomic mass is 9.80. The van der Waals surface area contributed by atoms with E-state index in [9.17, 15) is 13.2 Å². The van der Waals surface area contributed by atoms with E-state index in [1.807, 2.05) is 0 Å². The molecule has 0 unspecified atom stereocenters. The van der Waals surface area contributed by atoms with Gasteiger partial charge in [0.1, 0.15) is 4.90 Å². The van der Waals surface area contributed by atoms with Crippen molar-refractivity contribution in [1.82, 2.24) is 14.4 Å². The Morgan fingerprint density at radius 1 is 1.42 bits per heavy atom. The van der Waals surface area contributed by atoms with Crippen LogP contribution in [0, 0.1) is 5.41 Å². The highest BCUT2D eigenvalue weighted by Gasteiger charge is 2.35. The molecule has 0 amide bonds. The number of ether oxygens (including phenoxy) is 2. The standard InChI is InChI=1S/C13H21N3O5S2.ClH/c1-20-9-13(3-5-14-6-4-13)8-15-23(18,19)10-7-22-16-11(10)12(17)21-2;/h7,14-15H,3-6,8-9H2,1-2H3;1H. The molecule has 2 N–H and O–H groups in total. The lowest BCUT2D eigenvalue weighted by molar-refractivity contribution is 0.0575. The zero-order valence-electron chi connectivity index (χ0n) is 13.5. The van der Waals surface area contributed by atoms with Crippen LogP contribution in [0.2, 0.25) is 0 Å². The van der Waals surface area contributed by atoms with Gasteiger partial charge >= 0.3 is 5.97 Å². The third-order valence-electron chi connectivity index (χ3n) is 3.96. The monoisotopic (exact) mass is 399 g/mol. The lowest BCUT2D eigenvalue weighted by Crippen LogP contribution is -2.47. The van der Waals surface area contributed by atoms with Crippen LogP contribution in [0.4, 0.5) is 0 Å². The first kappa shape index (κ1) is 21.3. The van der Waals surface area contributed by atoms with Gasteiger partial charge in [-0.15, -0.1) is 12.4 Å². The Morgan fingerprint density at radius 2 is 2.08 bits per heavy atom. The second kappa shape index (κ2) is 9.07. The first-order valence-corrected chi connectivity index (χ1v) is 9.48. The number of nitrogens with one attached hydrogen (secondary N) is 2. The highest BCUT2D eigenvalue weighted by atomic mass is 35.5. The molecular weight excluding hydrogens is 378 g/mol. The van der Waals surface area contributed by atoms with Crippen LogP contribution in [0.1, 0.15) is 23.3 Å². The first-order valence-electron chi connectivity index (χ1n) is 7.16. The Kier molecular flexibility index (Phi) is 8.03. The maximum atomic E-state index is 12.5. The Balaban J connectivity index is 0.00000288. The van der Waals surface area contributed by atoms with Crippen molar-refractivity contribution < 1.29 is 22.7 Å². The number of halogens is 1. The fourth-order valence-corrected chi connectivity index (χ4v) is 4.88. The molecule has 0 aliphatic carbocycles. The number of methoxy groups -OCH3 is 2. The minimum absolute atomic E-state index is 0. The molecule has 1 aliphatic heterocycles. The fourth-order valence-electron chi connectivity index (χ4n) is 2.61. The molecule has 0 atom stereocenters. The second-order valence-electron chi connectivity index (χ2n) is 5.53. The van der Waals surface area contributed by atoms with Gasteiger partial charge < -0.3 is 14.8 Å². The molecule has 8 nitrogen and oxygen atoms in total. The summed E-state index contributed by atoms with van der Waals surface area (Å²) >= 11 is 0.903. The Morgan fingerprint density at radius 3 is 2.67 bits per heavy atom. The number of carbonyl (C=O) groups excluding carboxylic acids is 1. The third kappa shape index (κ3) is 4.87. The molecule has 2 heterocycles. The number of piperidine rings is 1. The smallest absolute Gasteiger partial charge is 0.359 e. The molecule has 0 aromatic carbocycles. The zero-order chi connectivity index (χ0) is 16.9. The maximum absolute atomic E-state index is 12.5. The van der Waals surface area contributed by atoms with E-state index in [2.05, 4.69) is 19.1 Å². The molecule has 1 aromatic rings. The summed E-state index contributed by atoms with van der Waals surface area (Å²) < 4.78 is 41.3. The average Bonchev–Trinajstić information content (AvgIpc) is 3.04. The minimum atomic E-state index is -3.84. The predicted molar refractivity (Wildman–Crippen MR) is 92.3 cm³/mol. The summed E-state index contributed by atoms with van der Waals surface area (Å²) in [7, 11) is -1.04. The van der Waals surface area contributed by atoms with Gasteiger partial charge in [0.2, 0.25) is 10.0 Å². The molecule has 1 fully saturated rings. The number of esters is 1. The van der Waals surface area contributed by atoms with Crippen LogP contribution >= 0.6 is 23.9 Å². The number of aromatic nitrogens is 1. The van der Waals surface area contributed by atoms with Crippen molar-refractivity contribution in [2.45, 2.75) is 17.7 Å². The molecule has 24 heavy (non-hydrogen) atoms. The summed E-state index contributed by atoms with van der Waals surface area (Å²) in [5.74, 6) is -0.764. The predicted octanol–water partition coefficient (Wildman–Crippen LogP) is 0.646. The summed E-state index contributed by atoms with van der Waals surface area (Å²) in [6.07, 6.45) is 1.63. The van der Waals surface area contributed by atoms with Crippen LogP contribution in [0.15, 0.2) is 10.3 Å². The van der Waals surface area contributed by atoms with Crippen molar-refractivity contribution in [1.29, 1.82) is 0 Å². The second-order valence-corrected chi connectivity index (χ2v) is 7.89. The molecule has 2 rings (SSSR count). The summed E-state index contributed by atoms with van der Waals surface area (Å²) in [6, 6.07) is 0. The maximum Gasteiger partial charge on any atom is 0.359 e. The molecule has 0 spiro atoms. The van der Waals surface area contributed by atoms with E-state index in [-0.39, 0.29) is 35.0 Å². The van der Waals surface area contributed by atoms with Gasteiger partial charge in [-0.05, 0) is 37.5 Å². The molecule has 1 aliphatic rings. The van der Waals surface area contributed by atoms with Gasteiger partial charge in [0.05, 0.1) is 13.7 Å². The molecule has 138 valence electrons. The van der Waals surface area contributed by atoms with Crippen molar-refractivity contribution in [3.05, 3.63) is 11.1 Å². The molecule has 0 bridgehead atoms. The van der Waals surface area contributed by atoms with Gasteiger partial charge in [-0.3, -0.25) is 0 Å². The molecule has 1 saturated heterocycles. The largest absolute Gasteiger partial charge is 0.464 e. The SMILES string of the molecule is COCC1(CNS(=O)(=O)c2csnc2C(=O)OC)CCNCC1.Cl. The third-order valence-corrected chi connectivity index (χ3v) is 6.15. The van der Waals surface area contributed by atoms with Crippen molar-refractivity contribution in [2.24, 2.45) is 5.41 Å². The normalized spacial score (nSPS) is 17.1. The average molecular weight is 400 g/mol. The van der Waals surface area contributed by atoms with Gasteiger partial charge in [-0.1, -0.05) is 0 Å². The molecular formula is C13H22ClN3O5S2. The number of carbonyl (C=O) groups is 1. The highest BCUT2D eigenvalue weighted by molar-refractivity contribution is 7.89. The Hall–Kier alpha value is -0.780. The number of rotatable bonds is 7. The van der Waals surface area contributed by atoms with E-state index in [1.165, 1.54) is 12.5 Å².